The monoisotopic (exact) mass is 386 g/mol. The van der Waals surface area contributed by atoms with Crippen molar-refractivity contribution in [2.75, 3.05) is 17.1 Å². The third-order valence-electron chi connectivity index (χ3n) is 4.12. The van der Waals surface area contributed by atoms with Crippen LogP contribution in [-0.4, -0.2) is 25.7 Å². The van der Waals surface area contributed by atoms with E-state index in [9.17, 15) is 8.42 Å². The van der Waals surface area contributed by atoms with Crippen LogP contribution in [0.1, 0.15) is 17.0 Å². The number of aromatic amines is 1. The van der Waals surface area contributed by atoms with Gasteiger partial charge in [-0.3, -0.25) is 9.82 Å². The van der Waals surface area contributed by atoms with Gasteiger partial charge < -0.3 is 10.1 Å². The fourth-order valence-electron chi connectivity index (χ4n) is 2.75. The van der Waals surface area contributed by atoms with Crippen molar-refractivity contribution in [1.82, 2.24) is 10.2 Å². The molecule has 7 nitrogen and oxygen atoms in total. The average Bonchev–Trinajstić information content (AvgIpc) is 3.00. The summed E-state index contributed by atoms with van der Waals surface area (Å²) in [6.07, 6.45) is 0. The highest BCUT2D eigenvalue weighted by molar-refractivity contribution is 7.92. The molecular weight excluding hydrogens is 364 g/mol. The molecule has 1 heterocycles. The quantitative estimate of drug-likeness (QED) is 0.578. The molecule has 0 saturated carbocycles. The van der Waals surface area contributed by atoms with Gasteiger partial charge in [0.15, 0.2) is 0 Å². The summed E-state index contributed by atoms with van der Waals surface area (Å²) in [6, 6.07) is 14.9. The van der Waals surface area contributed by atoms with Crippen LogP contribution in [-0.2, 0) is 16.6 Å². The first-order valence-corrected chi connectivity index (χ1v) is 9.88. The molecule has 2 aromatic carbocycles. The predicted octanol–water partition coefficient (Wildman–Crippen LogP) is 3.45. The number of hydrogen-bond acceptors (Lipinski definition) is 5. The maximum atomic E-state index is 12.6. The van der Waals surface area contributed by atoms with Crippen LogP contribution in [0.3, 0.4) is 0 Å². The standard InChI is InChI=1S/C19H22N4O3S/c1-13-19(14(2)22-21-13)27(24,25)23-17-8-6-16(7-9-17)20-12-15-4-10-18(26-3)11-5-15/h4-11,20,23H,12H2,1-3H3,(H,21,22). The molecule has 0 amide bonds. The number of aromatic nitrogens is 2. The van der Waals surface area contributed by atoms with Crippen molar-refractivity contribution in [3.63, 3.8) is 0 Å². The number of aryl methyl sites for hydroxylation is 2. The Morgan fingerprint density at radius 2 is 1.63 bits per heavy atom. The minimum absolute atomic E-state index is 0.184. The van der Waals surface area contributed by atoms with Gasteiger partial charge >= 0.3 is 0 Å². The molecule has 0 aliphatic heterocycles. The molecule has 3 aromatic rings. The summed E-state index contributed by atoms with van der Waals surface area (Å²) in [6.45, 7) is 3.99. The fraction of sp³-hybridized carbons (Fsp3) is 0.211. The molecule has 3 N–H and O–H groups in total. The molecule has 1 aromatic heterocycles. The fourth-order valence-corrected chi connectivity index (χ4v) is 4.18. The van der Waals surface area contributed by atoms with Crippen molar-refractivity contribution in [2.45, 2.75) is 25.3 Å². The van der Waals surface area contributed by atoms with E-state index in [2.05, 4.69) is 20.2 Å². The van der Waals surface area contributed by atoms with Gasteiger partial charge in [0.2, 0.25) is 0 Å². The minimum Gasteiger partial charge on any atom is -0.497 e. The summed E-state index contributed by atoms with van der Waals surface area (Å²) >= 11 is 0. The maximum absolute atomic E-state index is 12.6. The number of ether oxygens (including phenoxy) is 1. The first kappa shape index (κ1) is 18.8. The van der Waals surface area contributed by atoms with E-state index < -0.39 is 10.0 Å². The minimum atomic E-state index is -3.68. The Bertz CT molecular complexity index is 991. The Morgan fingerprint density at radius 3 is 2.19 bits per heavy atom. The second kappa shape index (κ2) is 7.71. The lowest BCUT2D eigenvalue weighted by atomic mass is 10.2. The Morgan fingerprint density at radius 1 is 1.00 bits per heavy atom. The number of rotatable bonds is 7. The van der Waals surface area contributed by atoms with Gasteiger partial charge in [0.05, 0.1) is 18.5 Å². The van der Waals surface area contributed by atoms with E-state index in [1.807, 2.05) is 36.4 Å². The Balaban J connectivity index is 1.64. The molecule has 8 heteroatoms. The molecule has 0 bridgehead atoms. The Kier molecular flexibility index (Phi) is 5.36. The third kappa shape index (κ3) is 4.40. The topological polar surface area (TPSA) is 96.1 Å². The molecule has 0 saturated heterocycles. The van der Waals surface area contributed by atoms with E-state index in [1.54, 1.807) is 33.1 Å². The highest BCUT2D eigenvalue weighted by Crippen LogP contribution is 2.22. The molecule has 27 heavy (non-hydrogen) atoms. The van der Waals surface area contributed by atoms with Gasteiger partial charge in [-0.2, -0.15) is 5.10 Å². The molecule has 0 aliphatic rings. The smallest absolute Gasteiger partial charge is 0.265 e. The molecule has 0 fully saturated rings. The highest BCUT2D eigenvalue weighted by atomic mass is 32.2. The molecule has 0 radical (unpaired) electrons. The summed E-state index contributed by atoms with van der Waals surface area (Å²) in [5.41, 5.74) is 3.46. The van der Waals surface area contributed by atoms with Crippen LogP contribution in [0.2, 0.25) is 0 Å². The van der Waals surface area contributed by atoms with Gasteiger partial charge in [-0.1, -0.05) is 12.1 Å². The van der Waals surface area contributed by atoms with E-state index in [0.29, 0.717) is 23.6 Å². The summed E-state index contributed by atoms with van der Waals surface area (Å²) < 4.78 is 32.8. The second-order valence-corrected chi connectivity index (χ2v) is 7.77. The third-order valence-corrected chi connectivity index (χ3v) is 5.77. The van der Waals surface area contributed by atoms with Gasteiger partial charge in [0.25, 0.3) is 10.0 Å². The molecule has 0 spiro atoms. The number of benzene rings is 2. The van der Waals surface area contributed by atoms with Gasteiger partial charge in [0.1, 0.15) is 10.6 Å². The van der Waals surface area contributed by atoms with Crippen LogP contribution < -0.4 is 14.8 Å². The normalized spacial score (nSPS) is 11.2. The predicted molar refractivity (Wildman–Crippen MR) is 106 cm³/mol. The van der Waals surface area contributed by atoms with E-state index in [0.717, 1.165) is 17.0 Å². The van der Waals surface area contributed by atoms with E-state index in [4.69, 9.17) is 4.74 Å². The Hall–Kier alpha value is -3.00. The van der Waals surface area contributed by atoms with Crippen molar-refractivity contribution in [1.29, 1.82) is 0 Å². The first-order chi connectivity index (χ1) is 12.9. The summed E-state index contributed by atoms with van der Waals surface area (Å²) in [5.74, 6) is 0.818. The summed E-state index contributed by atoms with van der Waals surface area (Å²) in [5, 5.41) is 9.93. The van der Waals surface area contributed by atoms with Gasteiger partial charge in [-0.05, 0) is 55.8 Å². The number of anilines is 2. The van der Waals surface area contributed by atoms with Gasteiger partial charge in [-0.25, -0.2) is 8.42 Å². The van der Waals surface area contributed by atoms with Crippen LogP contribution in [0.25, 0.3) is 0 Å². The van der Waals surface area contributed by atoms with Crippen molar-refractivity contribution >= 4 is 21.4 Å². The number of nitrogens with zero attached hydrogens (tertiary/aromatic N) is 1. The molecule has 0 aliphatic carbocycles. The van der Waals surface area contributed by atoms with Crippen LogP contribution in [0.5, 0.6) is 5.75 Å². The Labute approximate surface area is 158 Å². The molecule has 0 atom stereocenters. The molecule has 142 valence electrons. The second-order valence-electron chi connectivity index (χ2n) is 6.15. The first-order valence-electron chi connectivity index (χ1n) is 8.40. The zero-order valence-corrected chi connectivity index (χ0v) is 16.2. The number of methoxy groups -OCH3 is 1. The van der Waals surface area contributed by atoms with Gasteiger partial charge in [-0.15, -0.1) is 0 Å². The van der Waals surface area contributed by atoms with Crippen LogP contribution in [0.15, 0.2) is 53.4 Å². The zero-order chi connectivity index (χ0) is 19.4. The molecule has 3 rings (SSSR count). The number of H-pyrrole nitrogens is 1. The lowest BCUT2D eigenvalue weighted by molar-refractivity contribution is 0.414. The van der Waals surface area contributed by atoms with Crippen molar-refractivity contribution in [2.24, 2.45) is 0 Å². The van der Waals surface area contributed by atoms with Crippen molar-refractivity contribution < 1.29 is 13.2 Å². The average molecular weight is 386 g/mol. The summed E-state index contributed by atoms with van der Waals surface area (Å²) in [7, 11) is -2.04. The largest absolute Gasteiger partial charge is 0.497 e. The van der Waals surface area contributed by atoms with E-state index in [1.165, 1.54) is 0 Å². The van der Waals surface area contributed by atoms with E-state index in [-0.39, 0.29) is 4.90 Å². The lowest BCUT2D eigenvalue weighted by Crippen LogP contribution is -2.14. The highest BCUT2D eigenvalue weighted by Gasteiger charge is 2.22. The van der Waals surface area contributed by atoms with Crippen molar-refractivity contribution in [3.05, 3.63) is 65.5 Å². The molecule has 0 unspecified atom stereocenters. The van der Waals surface area contributed by atoms with Crippen LogP contribution in [0, 0.1) is 13.8 Å². The number of hydrogen-bond donors (Lipinski definition) is 3. The van der Waals surface area contributed by atoms with Crippen molar-refractivity contribution in [3.8, 4) is 5.75 Å². The van der Waals surface area contributed by atoms with Gasteiger partial charge in [0, 0.05) is 17.9 Å². The summed E-state index contributed by atoms with van der Waals surface area (Å²) in [4.78, 5) is 0.184. The van der Waals surface area contributed by atoms with Crippen LogP contribution >= 0.6 is 0 Å². The number of nitrogens with one attached hydrogen (secondary N) is 3. The SMILES string of the molecule is COc1ccc(CNc2ccc(NS(=O)(=O)c3c(C)n[nH]c3C)cc2)cc1. The van der Waals surface area contributed by atoms with Crippen LogP contribution in [0.4, 0.5) is 11.4 Å². The van der Waals surface area contributed by atoms with E-state index >= 15 is 0 Å². The number of sulfonamides is 1. The zero-order valence-electron chi connectivity index (χ0n) is 15.4. The lowest BCUT2D eigenvalue weighted by Gasteiger charge is -2.10. The molecular formula is C19H22N4O3S. The maximum Gasteiger partial charge on any atom is 0.265 e.